The molecule has 1 aliphatic carbocycles. The summed E-state index contributed by atoms with van der Waals surface area (Å²) in [5, 5.41) is 0. The molecule has 12 heavy (non-hydrogen) atoms. The molecule has 2 atom stereocenters. The van der Waals surface area contributed by atoms with Gasteiger partial charge in [0.25, 0.3) is 10.1 Å². The molecule has 1 saturated carbocycles. The summed E-state index contributed by atoms with van der Waals surface area (Å²) in [5.74, 6) is 0.359. The maximum Gasteiger partial charge on any atom is 0.264 e. The molecule has 3 nitrogen and oxygen atoms in total. The van der Waals surface area contributed by atoms with Crippen molar-refractivity contribution in [1.82, 2.24) is 0 Å². The van der Waals surface area contributed by atoms with Crippen molar-refractivity contribution in [1.29, 1.82) is 0 Å². The molecule has 0 aromatic rings. The maximum absolute atomic E-state index is 10.7. The largest absolute Gasteiger partial charge is 0.267 e. The summed E-state index contributed by atoms with van der Waals surface area (Å²) >= 11 is 0. The van der Waals surface area contributed by atoms with Gasteiger partial charge in [0.2, 0.25) is 0 Å². The summed E-state index contributed by atoms with van der Waals surface area (Å²) in [6.45, 7) is 3.61. The zero-order valence-corrected chi connectivity index (χ0v) is 8.01. The fourth-order valence-electron chi connectivity index (χ4n) is 1.37. The van der Waals surface area contributed by atoms with E-state index in [1.54, 1.807) is 0 Å². The molecule has 0 bridgehead atoms. The molecule has 0 heterocycles. The van der Waals surface area contributed by atoms with Crippen molar-refractivity contribution in [3.63, 3.8) is 0 Å². The second-order valence-corrected chi connectivity index (χ2v) is 4.80. The van der Waals surface area contributed by atoms with Gasteiger partial charge in [-0.1, -0.05) is 6.08 Å². The molecule has 0 aliphatic heterocycles. The Morgan fingerprint density at radius 3 is 2.58 bits per heavy atom. The molecule has 0 unspecified atom stereocenters. The van der Waals surface area contributed by atoms with Crippen molar-refractivity contribution in [2.24, 2.45) is 5.92 Å². The van der Waals surface area contributed by atoms with Crippen LogP contribution in [0.1, 0.15) is 19.3 Å². The quantitative estimate of drug-likeness (QED) is 0.496. The van der Waals surface area contributed by atoms with E-state index in [9.17, 15) is 8.42 Å². The predicted molar refractivity (Wildman–Crippen MR) is 47.3 cm³/mol. The van der Waals surface area contributed by atoms with Crippen LogP contribution in [0.3, 0.4) is 0 Å². The summed E-state index contributed by atoms with van der Waals surface area (Å²) in [6, 6.07) is 0. The monoisotopic (exact) mass is 190 g/mol. The highest BCUT2D eigenvalue weighted by Crippen LogP contribution is 2.33. The van der Waals surface area contributed by atoms with E-state index in [0.717, 1.165) is 25.5 Å². The van der Waals surface area contributed by atoms with Gasteiger partial charge in [-0.05, 0) is 25.2 Å². The molecule has 0 saturated heterocycles. The van der Waals surface area contributed by atoms with Gasteiger partial charge in [0, 0.05) is 0 Å². The van der Waals surface area contributed by atoms with Gasteiger partial charge < -0.3 is 0 Å². The molecule has 0 spiro atoms. The van der Waals surface area contributed by atoms with Crippen LogP contribution in [0.2, 0.25) is 0 Å². The van der Waals surface area contributed by atoms with E-state index in [0.29, 0.717) is 5.92 Å². The standard InChI is InChI=1S/C8H14O3S/c1-3-4-7-5-6-8(7)11-12(2,9)10/h3,7-8H,1,4-6H2,2H3/t7-,8+/m0/s1. The summed E-state index contributed by atoms with van der Waals surface area (Å²) in [7, 11) is -3.27. The van der Waals surface area contributed by atoms with Crippen molar-refractivity contribution in [3.05, 3.63) is 12.7 Å². The molecule has 0 N–H and O–H groups in total. The molecule has 0 amide bonds. The van der Waals surface area contributed by atoms with E-state index in [-0.39, 0.29) is 6.10 Å². The molecule has 1 aliphatic rings. The van der Waals surface area contributed by atoms with Crippen LogP contribution in [0.15, 0.2) is 12.7 Å². The van der Waals surface area contributed by atoms with E-state index in [1.165, 1.54) is 0 Å². The highest BCUT2D eigenvalue weighted by atomic mass is 32.2. The van der Waals surface area contributed by atoms with Gasteiger partial charge in [-0.2, -0.15) is 8.42 Å². The van der Waals surface area contributed by atoms with Crippen LogP contribution < -0.4 is 0 Å². The molecule has 0 aromatic heterocycles. The molecule has 1 fully saturated rings. The summed E-state index contributed by atoms with van der Waals surface area (Å²) in [5.41, 5.74) is 0. The lowest BCUT2D eigenvalue weighted by Crippen LogP contribution is -2.35. The zero-order chi connectivity index (χ0) is 9.19. The lowest BCUT2D eigenvalue weighted by molar-refractivity contribution is 0.0553. The lowest BCUT2D eigenvalue weighted by Gasteiger charge is -2.34. The Kier molecular flexibility index (Phi) is 2.90. The Morgan fingerprint density at radius 2 is 2.25 bits per heavy atom. The van der Waals surface area contributed by atoms with Crippen LogP contribution in [0, 0.1) is 5.92 Å². The van der Waals surface area contributed by atoms with Gasteiger partial charge in [-0.15, -0.1) is 6.58 Å². The third-order valence-electron chi connectivity index (χ3n) is 2.12. The second kappa shape index (κ2) is 3.58. The van der Waals surface area contributed by atoms with E-state index in [4.69, 9.17) is 4.18 Å². The molecule has 0 radical (unpaired) electrons. The summed E-state index contributed by atoms with van der Waals surface area (Å²) in [4.78, 5) is 0. The number of rotatable bonds is 4. The van der Waals surface area contributed by atoms with Crippen molar-refractivity contribution in [3.8, 4) is 0 Å². The Bertz CT molecular complexity index is 255. The smallest absolute Gasteiger partial charge is 0.264 e. The average molecular weight is 190 g/mol. The maximum atomic E-state index is 10.7. The Hall–Kier alpha value is -0.350. The van der Waals surface area contributed by atoms with E-state index >= 15 is 0 Å². The Balaban J connectivity index is 2.40. The van der Waals surface area contributed by atoms with Crippen LogP contribution >= 0.6 is 0 Å². The van der Waals surface area contributed by atoms with Gasteiger partial charge in [0.1, 0.15) is 0 Å². The third kappa shape index (κ3) is 2.60. The number of hydrogen-bond donors (Lipinski definition) is 0. The predicted octanol–water partition coefficient (Wildman–Crippen LogP) is 1.32. The summed E-state index contributed by atoms with van der Waals surface area (Å²) in [6.07, 6.45) is 5.55. The first-order chi connectivity index (χ1) is 5.53. The topological polar surface area (TPSA) is 43.4 Å². The Morgan fingerprint density at radius 1 is 1.58 bits per heavy atom. The summed E-state index contributed by atoms with van der Waals surface area (Å²) < 4.78 is 26.3. The highest BCUT2D eigenvalue weighted by Gasteiger charge is 2.33. The van der Waals surface area contributed by atoms with Crippen LogP contribution in [0.5, 0.6) is 0 Å². The average Bonchev–Trinajstić information content (AvgIpc) is 1.92. The van der Waals surface area contributed by atoms with Crippen molar-refractivity contribution in [2.45, 2.75) is 25.4 Å². The normalized spacial score (nSPS) is 29.4. The molecular weight excluding hydrogens is 176 g/mol. The SMILES string of the molecule is C=CC[C@H]1CC[C@H]1OS(C)(=O)=O. The van der Waals surface area contributed by atoms with E-state index < -0.39 is 10.1 Å². The van der Waals surface area contributed by atoms with Gasteiger partial charge in [-0.3, -0.25) is 4.18 Å². The van der Waals surface area contributed by atoms with Gasteiger partial charge >= 0.3 is 0 Å². The van der Waals surface area contributed by atoms with Crippen LogP contribution in [-0.4, -0.2) is 20.8 Å². The first-order valence-corrected chi connectivity index (χ1v) is 5.84. The van der Waals surface area contributed by atoms with Gasteiger partial charge in [-0.25, -0.2) is 0 Å². The molecular formula is C8H14O3S. The van der Waals surface area contributed by atoms with Gasteiger partial charge in [0.15, 0.2) is 0 Å². The minimum atomic E-state index is -3.27. The fourth-order valence-corrected chi connectivity index (χ4v) is 2.08. The zero-order valence-electron chi connectivity index (χ0n) is 7.19. The first-order valence-electron chi connectivity index (χ1n) is 4.02. The van der Waals surface area contributed by atoms with Crippen LogP contribution in [0.25, 0.3) is 0 Å². The van der Waals surface area contributed by atoms with Crippen LogP contribution in [0.4, 0.5) is 0 Å². The first kappa shape index (κ1) is 9.74. The van der Waals surface area contributed by atoms with Crippen LogP contribution in [-0.2, 0) is 14.3 Å². The third-order valence-corrected chi connectivity index (χ3v) is 2.71. The molecule has 4 heteroatoms. The number of hydrogen-bond acceptors (Lipinski definition) is 3. The minimum absolute atomic E-state index is 0.0991. The van der Waals surface area contributed by atoms with E-state index in [1.807, 2.05) is 6.08 Å². The lowest BCUT2D eigenvalue weighted by atomic mass is 9.80. The van der Waals surface area contributed by atoms with Gasteiger partial charge in [0.05, 0.1) is 12.4 Å². The molecule has 1 rings (SSSR count). The van der Waals surface area contributed by atoms with Crippen molar-refractivity contribution < 1.29 is 12.6 Å². The fraction of sp³-hybridized carbons (Fsp3) is 0.750. The minimum Gasteiger partial charge on any atom is -0.267 e. The molecule has 0 aromatic carbocycles. The molecule has 70 valence electrons. The number of allylic oxidation sites excluding steroid dienone is 1. The second-order valence-electron chi connectivity index (χ2n) is 3.20. The Labute approximate surface area is 73.5 Å². The highest BCUT2D eigenvalue weighted by molar-refractivity contribution is 7.86. The van der Waals surface area contributed by atoms with E-state index in [2.05, 4.69) is 6.58 Å². The van der Waals surface area contributed by atoms with Crippen molar-refractivity contribution >= 4 is 10.1 Å². The van der Waals surface area contributed by atoms with Crippen molar-refractivity contribution in [2.75, 3.05) is 6.26 Å².